The van der Waals surface area contributed by atoms with Gasteiger partial charge in [-0.3, -0.25) is 4.79 Å². The van der Waals surface area contributed by atoms with Crippen molar-refractivity contribution in [2.24, 2.45) is 0 Å². The summed E-state index contributed by atoms with van der Waals surface area (Å²) >= 11 is 5.76. The highest BCUT2D eigenvalue weighted by Crippen LogP contribution is 2.15. The van der Waals surface area contributed by atoms with E-state index in [2.05, 4.69) is 9.97 Å². The van der Waals surface area contributed by atoms with E-state index in [1.807, 2.05) is 0 Å². The maximum Gasteiger partial charge on any atom is 0.258 e. The Morgan fingerprint density at radius 3 is 3.04 bits per heavy atom. The standard InChI is InChI=1S/C16H15ClFN3O3/c17-11-3-4-14(20-8-11)24-10-12-9-21(6-7-23-12)16(22)13-2-1-5-19-15(13)18/h1-5,8,12H,6-7,9-10H2. The lowest BCUT2D eigenvalue weighted by molar-refractivity contribution is -0.0408. The number of halogens is 2. The Kier molecular flexibility index (Phi) is 5.22. The van der Waals surface area contributed by atoms with Gasteiger partial charge in [0.15, 0.2) is 0 Å². The minimum absolute atomic E-state index is 0.0431. The summed E-state index contributed by atoms with van der Waals surface area (Å²) in [6.07, 6.45) is 2.47. The fourth-order valence-corrected chi connectivity index (χ4v) is 2.46. The molecule has 6 nitrogen and oxygen atoms in total. The van der Waals surface area contributed by atoms with E-state index in [1.54, 1.807) is 12.1 Å². The maximum atomic E-state index is 13.7. The van der Waals surface area contributed by atoms with Gasteiger partial charge in [-0.2, -0.15) is 4.39 Å². The van der Waals surface area contributed by atoms with Gasteiger partial charge in [-0.15, -0.1) is 0 Å². The number of rotatable bonds is 4. The van der Waals surface area contributed by atoms with E-state index < -0.39 is 11.9 Å². The van der Waals surface area contributed by atoms with Gasteiger partial charge in [0.05, 0.1) is 23.7 Å². The predicted octanol–water partition coefficient (Wildman–Crippen LogP) is 2.19. The van der Waals surface area contributed by atoms with Crippen LogP contribution in [0.2, 0.25) is 5.02 Å². The quantitative estimate of drug-likeness (QED) is 0.790. The summed E-state index contributed by atoms with van der Waals surface area (Å²) in [5.74, 6) is -0.754. The summed E-state index contributed by atoms with van der Waals surface area (Å²) in [5.41, 5.74) is -0.0431. The van der Waals surface area contributed by atoms with Crippen LogP contribution in [-0.2, 0) is 4.74 Å². The number of amides is 1. The summed E-state index contributed by atoms with van der Waals surface area (Å²) in [4.78, 5) is 21.5. The van der Waals surface area contributed by atoms with Crippen LogP contribution in [0.5, 0.6) is 5.88 Å². The molecule has 1 aliphatic heterocycles. The minimum Gasteiger partial charge on any atom is -0.475 e. The topological polar surface area (TPSA) is 64.6 Å². The van der Waals surface area contributed by atoms with Gasteiger partial charge in [0.25, 0.3) is 5.91 Å². The number of pyridine rings is 2. The third-order valence-electron chi connectivity index (χ3n) is 3.53. The highest BCUT2D eigenvalue weighted by molar-refractivity contribution is 6.30. The molecule has 2 aromatic heterocycles. The van der Waals surface area contributed by atoms with Gasteiger partial charge in [0.1, 0.15) is 12.7 Å². The first kappa shape index (κ1) is 16.6. The van der Waals surface area contributed by atoms with E-state index in [4.69, 9.17) is 21.1 Å². The van der Waals surface area contributed by atoms with Crippen LogP contribution in [0.3, 0.4) is 0 Å². The van der Waals surface area contributed by atoms with Crippen LogP contribution in [0.1, 0.15) is 10.4 Å². The van der Waals surface area contributed by atoms with E-state index >= 15 is 0 Å². The van der Waals surface area contributed by atoms with Crippen molar-refractivity contribution in [3.05, 3.63) is 53.2 Å². The van der Waals surface area contributed by atoms with Gasteiger partial charge >= 0.3 is 0 Å². The molecular weight excluding hydrogens is 337 g/mol. The Bertz CT molecular complexity index is 714. The number of carbonyl (C=O) groups excluding carboxylic acids is 1. The van der Waals surface area contributed by atoms with Gasteiger partial charge in [-0.25, -0.2) is 9.97 Å². The Morgan fingerprint density at radius 1 is 1.42 bits per heavy atom. The van der Waals surface area contributed by atoms with Gasteiger partial charge in [-0.1, -0.05) is 11.6 Å². The monoisotopic (exact) mass is 351 g/mol. The van der Waals surface area contributed by atoms with E-state index in [-0.39, 0.29) is 18.3 Å². The molecule has 3 rings (SSSR count). The Balaban J connectivity index is 1.59. The highest BCUT2D eigenvalue weighted by atomic mass is 35.5. The minimum atomic E-state index is -0.771. The molecule has 0 saturated carbocycles. The Labute approximate surface area is 143 Å². The first-order valence-corrected chi connectivity index (χ1v) is 7.77. The SMILES string of the molecule is O=C(c1cccnc1F)N1CCOC(COc2ccc(Cl)cn2)C1. The molecule has 1 fully saturated rings. The van der Waals surface area contributed by atoms with Crippen LogP contribution < -0.4 is 4.74 Å². The van der Waals surface area contributed by atoms with Crippen LogP contribution in [0.4, 0.5) is 4.39 Å². The number of aromatic nitrogens is 2. The second kappa shape index (κ2) is 7.55. The molecule has 8 heteroatoms. The lowest BCUT2D eigenvalue weighted by Gasteiger charge is -2.32. The summed E-state index contributed by atoms with van der Waals surface area (Å²) in [6.45, 7) is 1.28. The fourth-order valence-electron chi connectivity index (χ4n) is 2.35. The fraction of sp³-hybridized carbons (Fsp3) is 0.312. The average molecular weight is 352 g/mol. The van der Waals surface area contributed by atoms with Gasteiger partial charge in [0, 0.05) is 25.0 Å². The number of hydrogen-bond acceptors (Lipinski definition) is 5. The van der Waals surface area contributed by atoms with Gasteiger partial charge in [0.2, 0.25) is 11.8 Å². The molecule has 0 spiro atoms. The number of morpholine rings is 1. The normalized spacial score (nSPS) is 17.6. The second-order valence-corrected chi connectivity index (χ2v) is 5.65. The molecule has 126 valence electrons. The highest BCUT2D eigenvalue weighted by Gasteiger charge is 2.27. The van der Waals surface area contributed by atoms with Crippen LogP contribution in [0.25, 0.3) is 0 Å². The molecule has 1 atom stereocenters. The number of ether oxygens (including phenoxy) is 2. The average Bonchev–Trinajstić information content (AvgIpc) is 2.61. The summed E-state index contributed by atoms with van der Waals surface area (Å²) in [5, 5.41) is 0.520. The van der Waals surface area contributed by atoms with Crippen molar-refractivity contribution in [1.82, 2.24) is 14.9 Å². The van der Waals surface area contributed by atoms with Crippen LogP contribution in [0, 0.1) is 5.95 Å². The molecule has 0 aliphatic carbocycles. The molecule has 0 aromatic carbocycles. The van der Waals surface area contributed by atoms with E-state index in [0.29, 0.717) is 30.6 Å². The van der Waals surface area contributed by atoms with Crippen molar-refractivity contribution in [2.75, 3.05) is 26.3 Å². The van der Waals surface area contributed by atoms with E-state index in [9.17, 15) is 9.18 Å². The molecule has 0 bridgehead atoms. The molecule has 24 heavy (non-hydrogen) atoms. The van der Waals surface area contributed by atoms with Gasteiger partial charge in [-0.05, 0) is 18.2 Å². The number of hydrogen-bond donors (Lipinski definition) is 0. The zero-order valence-corrected chi connectivity index (χ0v) is 13.4. The third kappa shape index (κ3) is 3.98. The zero-order valence-electron chi connectivity index (χ0n) is 12.7. The Morgan fingerprint density at radius 2 is 2.29 bits per heavy atom. The molecule has 1 aliphatic rings. The largest absolute Gasteiger partial charge is 0.475 e. The van der Waals surface area contributed by atoms with Crippen molar-refractivity contribution in [2.45, 2.75) is 6.10 Å². The molecule has 3 heterocycles. The predicted molar refractivity (Wildman–Crippen MR) is 84.6 cm³/mol. The van der Waals surface area contributed by atoms with Crippen molar-refractivity contribution in [1.29, 1.82) is 0 Å². The van der Waals surface area contributed by atoms with Crippen molar-refractivity contribution >= 4 is 17.5 Å². The van der Waals surface area contributed by atoms with E-state index in [1.165, 1.54) is 29.4 Å². The lowest BCUT2D eigenvalue weighted by atomic mass is 10.2. The van der Waals surface area contributed by atoms with Crippen LogP contribution >= 0.6 is 11.6 Å². The smallest absolute Gasteiger partial charge is 0.258 e. The molecule has 1 amide bonds. The van der Waals surface area contributed by atoms with Crippen molar-refractivity contribution < 1.29 is 18.7 Å². The molecule has 2 aromatic rings. The first-order valence-electron chi connectivity index (χ1n) is 7.39. The first-order chi connectivity index (χ1) is 11.6. The van der Waals surface area contributed by atoms with Crippen LogP contribution in [-0.4, -0.2) is 53.2 Å². The maximum absolute atomic E-state index is 13.7. The molecule has 1 saturated heterocycles. The zero-order chi connectivity index (χ0) is 16.9. The van der Waals surface area contributed by atoms with Crippen molar-refractivity contribution in [3.8, 4) is 5.88 Å². The summed E-state index contributed by atoms with van der Waals surface area (Å²) < 4.78 is 24.8. The third-order valence-corrected chi connectivity index (χ3v) is 3.76. The molecule has 0 N–H and O–H groups in total. The number of nitrogens with zero attached hydrogens (tertiary/aromatic N) is 3. The lowest BCUT2D eigenvalue weighted by Crippen LogP contribution is -2.47. The molecule has 1 unspecified atom stereocenters. The molecule has 0 radical (unpaired) electrons. The number of carbonyl (C=O) groups is 1. The summed E-state index contributed by atoms with van der Waals surface area (Å²) in [7, 11) is 0. The molecular formula is C16H15ClFN3O3. The second-order valence-electron chi connectivity index (χ2n) is 5.21. The summed E-state index contributed by atoms with van der Waals surface area (Å²) in [6, 6.07) is 6.28. The Hall–Kier alpha value is -2.25. The van der Waals surface area contributed by atoms with Crippen molar-refractivity contribution in [3.63, 3.8) is 0 Å². The van der Waals surface area contributed by atoms with Crippen LogP contribution in [0.15, 0.2) is 36.7 Å². The van der Waals surface area contributed by atoms with E-state index in [0.717, 1.165) is 0 Å². The van der Waals surface area contributed by atoms with Gasteiger partial charge < -0.3 is 14.4 Å².